The first-order valence-electron chi connectivity index (χ1n) is 3.31. The third kappa shape index (κ3) is 2.14. The summed E-state index contributed by atoms with van der Waals surface area (Å²) >= 11 is 11.4. The molecular weight excluding hydrogens is 233 g/mol. The molecule has 0 bridgehead atoms. The summed E-state index contributed by atoms with van der Waals surface area (Å²) in [6, 6.07) is 2.73. The largest absolute Gasteiger partial charge is 0.238 e. The standard InChI is InChI=1S/C7H7Cl2NO2S/c1-4-6(13(10,11)12)3-2-5(8)7(4)9/h2-3H,1H3,(H2,10,11,12). The van der Waals surface area contributed by atoms with Crippen molar-refractivity contribution in [1.82, 2.24) is 0 Å². The molecule has 1 rings (SSSR count). The highest BCUT2D eigenvalue weighted by Crippen LogP contribution is 2.29. The van der Waals surface area contributed by atoms with Crippen LogP contribution in [0.3, 0.4) is 0 Å². The van der Waals surface area contributed by atoms with Crippen molar-refractivity contribution in [2.24, 2.45) is 5.14 Å². The lowest BCUT2D eigenvalue weighted by molar-refractivity contribution is 0.597. The minimum absolute atomic E-state index is 0.00176. The van der Waals surface area contributed by atoms with Gasteiger partial charge in [0.25, 0.3) is 0 Å². The Labute approximate surface area is 86.5 Å². The Morgan fingerprint density at radius 1 is 1.31 bits per heavy atom. The zero-order chi connectivity index (χ0) is 10.2. The van der Waals surface area contributed by atoms with Gasteiger partial charge in [0.15, 0.2) is 0 Å². The zero-order valence-electron chi connectivity index (χ0n) is 6.71. The summed E-state index contributed by atoms with van der Waals surface area (Å²) in [6.07, 6.45) is 0. The van der Waals surface area contributed by atoms with Gasteiger partial charge >= 0.3 is 0 Å². The SMILES string of the molecule is Cc1c(S(N)(=O)=O)ccc(Cl)c1Cl. The Bertz CT molecular complexity index is 442. The van der Waals surface area contributed by atoms with Crippen molar-refractivity contribution < 1.29 is 8.42 Å². The van der Waals surface area contributed by atoms with Crippen LogP contribution in [0.4, 0.5) is 0 Å². The maximum Gasteiger partial charge on any atom is 0.238 e. The molecule has 3 nitrogen and oxygen atoms in total. The molecule has 0 radical (unpaired) electrons. The van der Waals surface area contributed by atoms with Crippen LogP contribution in [-0.4, -0.2) is 8.42 Å². The van der Waals surface area contributed by atoms with Crippen LogP contribution in [0, 0.1) is 6.92 Å². The number of hydrogen-bond donors (Lipinski definition) is 1. The predicted molar refractivity (Wildman–Crippen MR) is 52.6 cm³/mol. The van der Waals surface area contributed by atoms with E-state index in [0.717, 1.165) is 0 Å². The van der Waals surface area contributed by atoms with Gasteiger partial charge < -0.3 is 0 Å². The van der Waals surface area contributed by atoms with E-state index < -0.39 is 10.0 Å². The first kappa shape index (κ1) is 10.8. The van der Waals surface area contributed by atoms with E-state index in [1.165, 1.54) is 12.1 Å². The Morgan fingerprint density at radius 3 is 2.31 bits per heavy atom. The van der Waals surface area contributed by atoms with Gasteiger partial charge in [0.05, 0.1) is 14.9 Å². The second-order valence-electron chi connectivity index (χ2n) is 2.53. The number of primary sulfonamides is 1. The zero-order valence-corrected chi connectivity index (χ0v) is 9.04. The highest BCUT2D eigenvalue weighted by atomic mass is 35.5. The van der Waals surface area contributed by atoms with Crippen LogP contribution < -0.4 is 5.14 Å². The van der Waals surface area contributed by atoms with Crippen molar-refractivity contribution in [2.45, 2.75) is 11.8 Å². The molecule has 0 heterocycles. The van der Waals surface area contributed by atoms with E-state index in [2.05, 4.69) is 0 Å². The minimum atomic E-state index is -3.72. The maximum absolute atomic E-state index is 11.0. The van der Waals surface area contributed by atoms with Crippen LogP contribution >= 0.6 is 23.2 Å². The maximum atomic E-state index is 11.0. The van der Waals surface area contributed by atoms with E-state index in [-0.39, 0.29) is 9.92 Å². The molecule has 6 heteroatoms. The van der Waals surface area contributed by atoms with Gasteiger partial charge in [0.1, 0.15) is 0 Å². The van der Waals surface area contributed by atoms with E-state index in [1.807, 2.05) is 0 Å². The molecule has 0 aliphatic rings. The number of sulfonamides is 1. The third-order valence-electron chi connectivity index (χ3n) is 1.60. The molecule has 0 fully saturated rings. The second-order valence-corrected chi connectivity index (χ2v) is 4.84. The number of benzene rings is 1. The Morgan fingerprint density at radius 2 is 1.85 bits per heavy atom. The fourth-order valence-electron chi connectivity index (χ4n) is 0.943. The summed E-state index contributed by atoms with van der Waals surface area (Å²) in [6.45, 7) is 1.55. The van der Waals surface area contributed by atoms with Crippen LogP contribution in [0.2, 0.25) is 10.0 Å². The van der Waals surface area contributed by atoms with Crippen LogP contribution in [0.25, 0.3) is 0 Å². The smallest absolute Gasteiger partial charge is 0.225 e. The van der Waals surface area contributed by atoms with Crippen molar-refractivity contribution in [3.63, 3.8) is 0 Å². The lowest BCUT2D eigenvalue weighted by Crippen LogP contribution is -2.13. The first-order chi connectivity index (χ1) is 5.84. The molecule has 1 aromatic rings. The van der Waals surface area contributed by atoms with Crippen molar-refractivity contribution in [3.8, 4) is 0 Å². The lowest BCUT2D eigenvalue weighted by Gasteiger charge is -2.05. The van der Waals surface area contributed by atoms with E-state index in [0.29, 0.717) is 10.6 Å². The summed E-state index contributed by atoms with van der Waals surface area (Å²) in [5.41, 5.74) is 0.372. The molecule has 0 spiro atoms. The molecule has 13 heavy (non-hydrogen) atoms. The van der Waals surface area contributed by atoms with E-state index in [9.17, 15) is 8.42 Å². The lowest BCUT2D eigenvalue weighted by atomic mass is 10.2. The molecule has 72 valence electrons. The molecule has 0 aliphatic heterocycles. The molecule has 0 aromatic heterocycles. The molecule has 0 saturated heterocycles. The predicted octanol–water partition coefficient (Wildman–Crippen LogP) is 1.95. The van der Waals surface area contributed by atoms with Crippen LogP contribution in [0.5, 0.6) is 0 Å². The van der Waals surface area contributed by atoms with Crippen LogP contribution in [0.15, 0.2) is 17.0 Å². The summed E-state index contributed by atoms with van der Waals surface area (Å²) in [5, 5.41) is 5.47. The molecular formula is C7H7Cl2NO2S. The molecule has 0 saturated carbocycles. The molecule has 0 unspecified atom stereocenters. The molecule has 1 aromatic carbocycles. The average molecular weight is 240 g/mol. The molecule has 2 N–H and O–H groups in total. The summed E-state index contributed by atoms with van der Waals surface area (Å²) < 4.78 is 22.0. The quantitative estimate of drug-likeness (QED) is 0.815. The fraction of sp³-hybridized carbons (Fsp3) is 0.143. The molecule has 0 atom stereocenters. The Balaban J connectivity index is 3.53. The third-order valence-corrected chi connectivity index (χ3v) is 3.55. The van der Waals surface area contributed by atoms with Gasteiger partial charge in [-0.2, -0.15) is 0 Å². The van der Waals surface area contributed by atoms with Gasteiger partial charge in [-0.05, 0) is 24.6 Å². The minimum Gasteiger partial charge on any atom is -0.225 e. The number of nitrogens with two attached hydrogens (primary N) is 1. The fourth-order valence-corrected chi connectivity index (χ4v) is 2.15. The Hall–Kier alpha value is -0.290. The average Bonchev–Trinajstić information content (AvgIpc) is 1.98. The first-order valence-corrected chi connectivity index (χ1v) is 5.61. The molecule has 0 amide bonds. The summed E-state index contributed by atoms with van der Waals surface area (Å²) in [7, 11) is -3.72. The van der Waals surface area contributed by atoms with Crippen molar-refractivity contribution in [1.29, 1.82) is 0 Å². The monoisotopic (exact) mass is 239 g/mol. The van der Waals surface area contributed by atoms with E-state index in [4.69, 9.17) is 28.3 Å². The van der Waals surface area contributed by atoms with Gasteiger partial charge in [-0.15, -0.1) is 0 Å². The van der Waals surface area contributed by atoms with Crippen molar-refractivity contribution in [3.05, 3.63) is 27.7 Å². The Kier molecular flexibility index (Phi) is 2.87. The summed E-state index contributed by atoms with van der Waals surface area (Å²) in [5.74, 6) is 0. The van der Waals surface area contributed by atoms with E-state index >= 15 is 0 Å². The summed E-state index contributed by atoms with van der Waals surface area (Å²) in [4.78, 5) is 0.00176. The van der Waals surface area contributed by atoms with Gasteiger partial charge in [-0.25, -0.2) is 13.6 Å². The normalized spacial score (nSPS) is 11.7. The van der Waals surface area contributed by atoms with Crippen LogP contribution in [-0.2, 0) is 10.0 Å². The van der Waals surface area contributed by atoms with Gasteiger partial charge in [0, 0.05) is 0 Å². The topological polar surface area (TPSA) is 60.2 Å². The highest BCUT2D eigenvalue weighted by molar-refractivity contribution is 7.89. The highest BCUT2D eigenvalue weighted by Gasteiger charge is 2.14. The van der Waals surface area contributed by atoms with Crippen LogP contribution in [0.1, 0.15) is 5.56 Å². The number of hydrogen-bond acceptors (Lipinski definition) is 2. The van der Waals surface area contributed by atoms with E-state index in [1.54, 1.807) is 6.92 Å². The van der Waals surface area contributed by atoms with Gasteiger partial charge in [-0.1, -0.05) is 23.2 Å². The van der Waals surface area contributed by atoms with Gasteiger partial charge in [0.2, 0.25) is 10.0 Å². The second kappa shape index (κ2) is 3.46. The number of rotatable bonds is 1. The molecule has 0 aliphatic carbocycles. The van der Waals surface area contributed by atoms with Crippen molar-refractivity contribution >= 4 is 33.2 Å². The number of halogens is 2. The van der Waals surface area contributed by atoms with Gasteiger partial charge in [-0.3, -0.25) is 0 Å². The van der Waals surface area contributed by atoms with Crippen molar-refractivity contribution in [2.75, 3.05) is 0 Å².